The van der Waals surface area contributed by atoms with E-state index in [1.165, 1.54) is 12.1 Å². The smallest absolute Gasteiger partial charge is 0.314 e. The average molecular weight is 425 g/mol. The number of rotatable bonds is 9. The average Bonchev–Trinajstić information content (AvgIpc) is 2.77. The van der Waals surface area contributed by atoms with Crippen LogP contribution in [0.2, 0.25) is 0 Å². The van der Waals surface area contributed by atoms with Gasteiger partial charge in [-0.15, -0.1) is 0 Å². The Morgan fingerprint density at radius 1 is 1.10 bits per heavy atom. The van der Waals surface area contributed by atoms with Gasteiger partial charge < -0.3 is 15.2 Å². The van der Waals surface area contributed by atoms with Gasteiger partial charge in [-0.1, -0.05) is 57.4 Å². The summed E-state index contributed by atoms with van der Waals surface area (Å²) in [5.74, 6) is -0.0579. The highest BCUT2D eigenvalue weighted by Crippen LogP contribution is 2.24. The van der Waals surface area contributed by atoms with Gasteiger partial charge in [0.1, 0.15) is 11.6 Å². The van der Waals surface area contributed by atoms with Gasteiger partial charge >= 0.3 is 6.03 Å². The van der Waals surface area contributed by atoms with Crippen LogP contribution in [0.25, 0.3) is 10.9 Å². The van der Waals surface area contributed by atoms with Crippen molar-refractivity contribution in [3.8, 4) is 0 Å². The molecule has 0 fully saturated rings. The van der Waals surface area contributed by atoms with Gasteiger partial charge in [0.05, 0.1) is 22.6 Å². The minimum atomic E-state index is -0.493. The Labute approximate surface area is 181 Å². The fourth-order valence-electron chi connectivity index (χ4n) is 3.68. The molecule has 0 saturated carbocycles. The maximum Gasteiger partial charge on any atom is 0.322 e. The molecule has 0 radical (unpaired) electrons. The fourth-order valence-corrected chi connectivity index (χ4v) is 3.68. The number of H-pyrrole nitrogens is 1. The highest BCUT2D eigenvalue weighted by atomic mass is 19.1. The molecule has 0 aliphatic rings. The molecule has 2 amide bonds. The summed E-state index contributed by atoms with van der Waals surface area (Å²) in [6.07, 6.45) is 4.51. The molecule has 7 heteroatoms. The number of amides is 2. The lowest BCUT2D eigenvalue weighted by atomic mass is 10.1. The topological polar surface area (TPSA) is 78.1 Å². The van der Waals surface area contributed by atoms with E-state index in [1.807, 2.05) is 13.0 Å². The number of fused-ring (bicyclic) bond motifs is 1. The van der Waals surface area contributed by atoms with Gasteiger partial charge in [-0.3, -0.25) is 4.79 Å². The van der Waals surface area contributed by atoms with Crippen LogP contribution in [0.5, 0.6) is 0 Å². The van der Waals surface area contributed by atoms with Gasteiger partial charge in [-0.2, -0.15) is 0 Å². The van der Waals surface area contributed by atoms with Crippen molar-refractivity contribution in [2.75, 3.05) is 11.9 Å². The fraction of sp³-hybridized carbons (Fsp3) is 0.375. The van der Waals surface area contributed by atoms with Crippen LogP contribution in [0.3, 0.4) is 0 Å². The molecule has 31 heavy (non-hydrogen) atoms. The van der Waals surface area contributed by atoms with Crippen molar-refractivity contribution < 1.29 is 9.18 Å². The number of hydrogen-bond acceptors (Lipinski definition) is 3. The van der Waals surface area contributed by atoms with Crippen LogP contribution in [-0.4, -0.2) is 27.4 Å². The lowest BCUT2D eigenvalue weighted by Gasteiger charge is -2.31. The number of urea groups is 1. The highest BCUT2D eigenvalue weighted by Gasteiger charge is 2.26. The van der Waals surface area contributed by atoms with Gasteiger partial charge in [-0.25, -0.2) is 14.2 Å². The van der Waals surface area contributed by atoms with Gasteiger partial charge in [0, 0.05) is 6.54 Å². The molecule has 1 atom stereocenters. The molecule has 1 unspecified atom stereocenters. The first-order valence-corrected chi connectivity index (χ1v) is 10.9. The van der Waals surface area contributed by atoms with Crippen molar-refractivity contribution >= 4 is 22.6 Å². The molecule has 0 spiro atoms. The van der Waals surface area contributed by atoms with Gasteiger partial charge in [-0.05, 0) is 37.1 Å². The highest BCUT2D eigenvalue weighted by molar-refractivity contribution is 5.89. The van der Waals surface area contributed by atoms with Crippen molar-refractivity contribution in [1.82, 2.24) is 14.9 Å². The second-order valence-electron chi connectivity index (χ2n) is 7.56. The van der Waals surface area contributed by atoms with Gasteiger partial charge in [0.2, 0.25) is 0 Å². The third kappa shape index (κ3) is 5.48. The maximum absolute atomic E-state index is 14.1. The monoisotopic (exact) mass is 424 g/mol. The minimum absolute atomic E-state index is 0.126. The van der Waals surface area contributed by atoms with Crippen molar-refractivity contribution in [1.29, 1.82) is 0 Å². The van der Waals surface area contributed by atoms with E-state index in [0.29, 0.717) is 29.7 Å². The van der Waals surface area contributed by atoms with E-state index >= 15 is 0 Å². The second-order valence-corrected chi connectivity index (χ2v) is 7.56. The predicted molar refractivity (Wildman–Crippen MR) is 122 cm³/mol. The summed E-state index contributed by atoms with van der Waals surface area (Å²) in [5, 5.41) is 3.19. The predicted octanol–water partition coefficient (Wildman–Crippen LogP) is 5.63. The number of aromatic amines is 1. The summed E-state index contributed by atoms with van der Waals surface area (Å²) in [4.78, 5) is 34.9. The lowest BCUT2D eigenvalue weighted by molar-refractivity contribution is 0.180. The summed E-state index contributed by atoms with van der Waals surface area (Å²) in [7, 11) is 0. The number of benzene rings is 2. The molecule has 0 aliphatic heterocycles. The third-order valence-corrected chi connectivity index (χ3v) is 5.34. The maximum atomic E-state index is 14.1. The molecule has 1 heterocycles. The van der Waals surface area contributed by atoms with Crippen molar-refractivity contribution in [2.45, 2.75) is 52.0 Å². The first kappa shape index (κ1) is 22.5. The lowest BCUT2D eigenvalue weighted by Crippen LogP contribution is -2.40. The summed E-state index contributed by atoms with van der Waals surface area (Å²) >= 11 is 0. The molecule has 0 aliphatic carbocycles. The Balaban J connectivity index is 1.93. The molecule has 6 nitrogen and oxygen atoms in total. The number of aromatic nitrogens is 2. The number of halogens is 1. The van der Waals surface area contributed by atoms with Crippen LogP contribution in [0.15, 0.2) is 53.3 Å². The van der Waals surface area contributed by atoms with Crippen molar-refractivity contribution in [2.24, 2.45) is 0 Å². The van der Waals surface area contributed by atoms with Crippen LogP contribution < -0.4 is 10.9 Å². The summed E-state index contributed by atoms with van der Waals surface area (Å²) in [6, 6.07) is 12.3. The summed E-state index contributed by atoms with van der Waals surface area (Å²) in [6.45, 7) is 4.55. The minimum Gasteiger partial charge on any atom is -0.314 e. The Morgan fingerprint density at radius 3 is 2.58 bits per heavy atom. The molecule has 2 aromatic carbocycles. The van der Waals surface area contributed by atoms with E-state index in [4.69, 9.17) is 0 Å². The Bertz CT molecular complexity index is 1080. The molecular formula is C24H29FN4O2. The van der Waals surface area contributed by atoms with Crippen molar-refractivity contribution in [3.05, 3.63) is 70.5 Å². The number of nitrogens with zero attached hydrogens (tertiary/aromatic N) is 2. The second kappa shape index (κ2) is 10.7. The number of carbonyl (C=O) groups is 1. The van der Waals surface area contributed by atoms with Gasteiger partial charge in [0.25, 0.3) is 5.56 Å². The summed E-state index contributed by atoms with van der Waals surface area (Å²) in [5.41, 5.74) is 0.473. The van der Waals surface area contributed by atoms with Crippen LogP contribution in [0, 0.1) is 5.82 Å². The molecule has 3 aromatic rings. The number of para-hydroxylation sites is 2. The van der Waals surface area contributed by atoms with Crippen molar-refractivity contribution in [3.63, 3.8) is 0 Å². The first-order chi connectivity index (χ1) is 15.0. The van der Waals surface area contributed by atoms with Gasteiger partial charge in [0.15, 0.2) is 0 Å². The zero-order valence-corrected chi connectivity index (χ0v) is 18.0. The SMILES string of the molecule is CCCCCCN(C(=O)Nc1ccccc1F)C(CC)c1nc2ccccc2c(=O)[nH]1. The quantitative estimate of drug-likeness (QED) is 0.437. The summed E-state index contributed by atoms with van der Waals surface area (Å²) < 4.78 is 14.1. The third-order valence-electron chi connectivity index (χ3n) is 5.34. The zero-order valence-electron chi connectivity index (χ0n) is 18.0. The number of unbranched alkanes of at least 4 members (excludes halogenated alkanes) is 3. The van der Waals surface area contributed by atoms with E-state index < -0.39 is 17.9 Å². The number of hydrogen-bond donors (Lipinski definition) is 2. The number of nitrogens with one attached hydrogen (secondary N) is 2. The van der Waals surface area contributed by atoms with Crippen LogP contribution in [0.4, 0.5) is 14.9 Å². The molecular weight excluding hydrogens is 395 g/mol. The molecule has 0 saturated heterocycles. The zero-order chi connectivity index (χ0) is 22.2. The molecule has 1 aromatic heterocycles. The Hall–Kier alpha value is -3.22. The number of carbonyl (C=O) groups excluding carboxylic acids is 1. The normalized spacial score (nSPS) is 12.0. The first-order valence-electron chi connectivity index (χ1n) is 10.9. The standard InChI is InChI=1S/C24H29FN4O2/c1-3-5-6-11-16-29(24(31)27-20-15-10-8-13-18(20)25)21(4-2)22-26-19-14-9-7-12-17(19)23(30)28-22/h7-10,12-15,21H,3-6,11,16H2,1-2H3,(H,27,31)(H,26,28,30). The molecule has 0 bridgehead atoms. The van der Waals surface area contributed by atoms with Crippen LogP contribution >= 0.6 is 0 Å². The molecule has 3 rings (SSSR count). The largest absolute Gasteiger partial charge is 0.322 e. The van der Waals surface area contributed by atoms with E-state index in [2.05, 4.69) is 22.2 Å². The Morgan fingerprint density at radius 2 is 1.84 bits per heavy atom. The molecule has 2 N–H and O–H groups in total. The van der Waals surface area contributed by atoms with Crippen LogP contribution in [0.1, 0.15) is 57.8 Å². The van der Waals surface area contributed by atoms with E-state index in [1.54, 1.807) is 35.2 Å². The van der Waals surface area contributed by atoms with E-state index in [-0.39, 0.29) is 11.2 Å². The van der Waals surface area contributed by atoms with Crippen LogP contribution in [-0.2, 0) is 0 Å². The van der Waals surface area contributed by atoms with E-state index in [9.17, 15) is 14.0 Å². The number of anilines is 1. The van der Waals surface area contributed by atoms with E-state index in [0.717, 1.165) is 25.7 Å². The Kier molecular flexibility index (Phi) is 7.76. The molecule has 164 valence electrons.